The second kappa shape index (κ2) is 4.76. The molecule has 0 radical (unpaired) electrons. The summed E-state index contributed by atoms with van der Waals surface area (Å²) in [5.74, 6) is 0. The highest BCUT2D eigenvalue weighted by molar-refractivity contribution is 6.30. The van der Waals surface area contributed by atoms with Crippen LogP contribution in [0, 0.1) is 0 Å². The molecule has 0 aliphatic carbocycles. The normalized spacial score (nSPS) is 10.7. The molecular formula is C13H10ClN. The van der Waals surface area contributed by atoms with Crippen molar-refractivity contribution in [3.8, 4) is 0 Å². The van der Waals surface area contributed by atoms with Crippen LogP contribution < -0.4 is 0 Å². The first-order valence-corrected chi connectivity index (χ1v) is 5.06. The molecule has 0 aliphatic heterocycles. The topological polar surface area (TPSA) is 12.9 Å². The van der Waals surface area contributed by atoms with Crippen LogP contribution in [0.3, 0.4) is 0 Å². The average molecular weight is 216 g/mol. The van der Waals surface area contributed by atoms with Crippen LogP contribution in [0.25, 0.3) is 12.2 Å². The Morgan fingerprint density at radius 1 is 0.933 bits per heavy atom. The van der Waals surface area contributed by atoms with E-state index in [1.165, 1.54) is 0 Å². The van der Waals surface area contributed by atoms with Crippen LogP contribution in [-0.4, -0.2) is 4.98 Å². The van der Waals surface area contributed by atoms with Crippen LogP contribution in [0.2, 0.25) is 5.02 Å². The van der Waals surface area contributed by atoms with Crippen molar-refractivity contribution in [2.75, 3.05) is 0 Å². The maximum Gasteiger partial charge on any atom is 0.0411 e. The summed E-state index contributed by atoms with van der Waals surface area (Å²) in [5.41, 5.74) is 2.23. The highest BCUT2D eigenvalue weighted by Crippen LogP contribution is 2.13. The van der Waals surface area contributed by atoms with E-state index in [1.54, 1.807) is 12.4 Å². The first kappa shape index (κ1) is 9.94. The van der Waals surface area contributed by atoms with Gasteiger partial charge in [0.15, 0.2) is 0 Å². The number of nitrogens with zero attached hydrogens (tertiary/aromatic N) is 1. The summed E-state index contributed by atoms with van der Waals surface area (Å²) in [6.07, 6.45) is 7.61. The van der Waals surface area contributed by atoms with E-state index in [2.05, 4.69) is 4.98 Å². The van der Waals surface area contributed by atoms with Crippen LogP contribution in [0.5, 0.6) is 0 Å². The van der Waals surface area contributed by atoms with Crippen LogP contribution >= 0.6 is 11.6 Å². The van der Waals surface area contributed by atoms with E-state index in [4.69, 9.17) is 11.6 Å². The van der Waals surface area contributed by atoms with Crippen molar-refractivity contribution < 1.29 is 0 Å². The Morgan fingerprint density at radius 2 is 1.67 bits per heavy atom. The minimum absolute atomic E-state index is 0.756. The van der Waals surface area contributed by atoms with Crippen molar-refractivity contribution in [1.82, 2.24) is 4.98 Å². The molecule has 0 amide bonds. The Balaban J connectivity index is 2.19. The molecule has 2 rings (SSSR count). The van der Waals surface area contributed by atoms with Crippen LogP contribution in [0.4, 0.5) is 0 Å². The van der Waals surface area contributed by atoms with E-state index >= 15 is 0 Å². The predicted molar refractivity (Wildman–Crippen MR) is 64.6 cm³/mol. The summed E-state index contributed by atoms with van der Waals surface area (Å²) >= 11 is 5.88. The van der Waals surface area contributed by atoms with Gasteiger partial charge in [0.2, 0.25) is 0 Å². The largest absolute Gasteiger partial charge is 0.265 e. The summed E-state index contributed by atoms with van der Waals surface area (Å²) in [6.45, 7) is 0. The number of halogens is 1. The maximum absolute atomic E-state index is 5.88. The molecule has 0 atom stereocenters. The van der Waals surface area contributed by atoms with E-state index in [0.717, 1.165) is 16.1 Å². The van der Waals surface area contributed by atoms with Crippen LogP contribution in [0.15, 0.2) is 48.8 Å². The van der Waals surface area contributed by atoms with Crippen molar-refractivity contribution in [1.29, 1.82) is 0 Å². The molecule has 2 heteroatoms. The molecule has 0 spiro atoms. The monoisotopic (exact) mass is 215 g/mol. The van der Waals surface area contributed by atoms with Crippen molar-refractivity contribution in [3.05, 3.63) is 64.9 Å². The lowest BCUT2D eigenvalue weighted by atomic mass is 10.1. The van der Waals surface area contributed by atoms with Crippen molar-refractivity contribution in [2.24, 2.45) is 0 Å². The SMILES string of the molecule is Clc1cccc(/C=C/c2ccncc2)c1. The predicted octanol–water partition coefficient (Wildman–Crippen LogP) is 3.91. The molecule has 0 N–H and O–H groups in total. The second-order valence-corrected chi connectivity index (χ2v) is 3.61. The summed E-state index contributed by atoms with van der Waals surface area (Å²) in [6, 6.07) is 11.7. The Kier molecular flexibility index (Phi) is 3.15. The molecule has 0 unspecified atom stereocenters. The number of rotatable bonds is 2. The molecule has 0 saturated heterocycles. The van der Waals surface area contributed by atoms with Crippen molar-refractivity contribution in [3.63, 3.8) is 0 Å². The summed E-state index contributed by atoms with van der Waals surface area (Å²) in [7, 11) is 0. The lowest BCUT2D eigenvalue weighted by Crippen LogP contribution is -1.74. The minimum atomic E-state index is 0.756. The molecule has 0 saturated carbocycles. The molecule has 1 aromatic heterocycles. The van der Waals surface area contributed by atoms with Crippen molar-refractivity contribution >= 4 is 23.8 Å². The number of aromatic nitrogens is 1. The molecule has 0 aliphatic rings. The van der Waals surface area contributed by atoms with Gasteiger partial charge in [-0.15, -0.1) is 0 Å². The van der Waals surface area contributed by atoms with Gasteiger partial charge in [-0.3, -0.25) is 4.98 Å². The lowest BCUT2D eigenvalue weighted by molar-refractivity contribution is 1.32. The number of hydrogen-bond acceptors (Lipinski definition) is 1. The zero-order chi connectivity index (χ0) is 10.5. The summed E-state index contributed by atoms with van der Waals surface area (Å²) < 4.78 is 0. The molecule has 2 aromatic rings. The summed E-state index contributed by atoms with van der Waals surface area (Å²) in [4.78, 5) is 3.96. The first-order valence-electron chi connectivity index (χ1n) is 4.68. The molecule has 0 bridgehead atoms. The van der Waals surface area contributed by atoms with Crippen LogP contribution in [-0.2, 0) is 0 Å². The van der Waals surface area contributed by atoms with Gasteiger partial charge in [-0.05, 0) is 35.4 Å². The van der Waals surface area contributed by atoms with Gasteiger partial charge in [-0.2, -0.15) is 0 Å². The van der Waals surface area contributed by atoms with Gasteiger partial charge in [-0.25, -0.2) is 0 Å². The molecule has 74 valence electrons. The van der Waals surface area contributed by atoms with Crippen molar-refractivity contribution in [2.45, 2.75) is 0 Å². The van der Waals surface area contributed by atoms with E-state index in [-0.39, 0.29) is 0 Å². The Morgan fingerprint density at radius 3 is 2.40 bits per heavy atom. The van der Waals surface area contributed by atoms with Gasteiger partial charge in [-0.1, -0.05) is 35.9 Å². The van der Waals surface area contributed by atoms with E-state index in [0.29, 0.717) is 0 Å². The highest BCUT2D eigenvalue weighted by Gasteiger charge is 1.89. The Labute approximate surface area is 94.1 Å². The van der Waals surface area contributed by atoms with Gasteiger partial charge in [0, 0.05) is 17.4 Å². The van der Waals surface area contributed by atoms with E-state index in [1.807, 2.05) is 48.6 Å². The third kappa shape index (κ3) is 2.93. The fourth-order valence-corrected chi connectivity index (χ4v) is 1.48. The van der Waals surface area contributed by atoms with E-state index in [9.17, 15) is 0 Å². The quantitative estimate of drug-likeness (QED) is 0.740. The maximum atomic E-state index is 5.88. The average Bonchev–Trinajstić information content (AvgIpc) is 2.28. The Bertz CT molecular complexity index is 463. The van der Waals surface area contributed by atoms with Gasteiger partial charge < -0.3 is 0 Å². The zero-order valence-electron chi connectivity index (χ0n) is 8.10. The Hall–Kier alpha value is -1.60. The van der Waals surface area contributed by atoms with Gasteiger partial charge in [0.25, 0.3) is 0 Å². The smallest absolute Gasteiger partial charge is 0.0411 e. The fraction of sp³-hybridized carbons (Fsp3) is 0. The number of benzene rings is 1. The number of hydrogen-bond donors (Lipinski definition) is 0. The third-order valence-corrected chi connectivity index (χ3v) is 2.26. The van der Waals surface area contributed by atoms with Gasteiger partial charge in [0.05, 0.1) is 0 Å². The lowest BCUT2D eigenvalue weighted by Gasteiger charge is -1.94. The van der Waals surface area contributed by atoms with Crippen LogP contribution in [0.1, 0.15) is 11.1 Å². The molecule has 1 nitrogen and oxygen atoms in total. The summed E-state index contributed by atoms with van der Waals surface area (Å²) in [5, 5.41) is 0.756. The first-order chi connectivity index (χ1) is 7.34. The molecular weight excluding hydrogens is 206 g/mol. The molecule has 0 fully saturated rings. The highest BCUT2D eigenvalue weighted by atomic mass is 35.5. The second-order valence-electron chi connectivity index (χ2n) is 3.17. The molecule has 1 aromatic carbocycles. The minimum Gasteiger partial charge on any atom is -0.265 e. The van der Waals surface area contributed by atoms with Gasteiger partial charge >= 0.3 is 0 Å². The molecule has 1 heterocycles. The number of pyridine rings is 1. The third-order valence-electron chi connectivity index (χ3n) is 2.02. The van der Waals surface area contributed by atoms with Gasteiger partial charge in [0.1, 0.15) is 0 Å². The zero-order valence-corrected chi connectivity index (χ0v) is 8.85. The fourth-order valence-electron chi connectivity index (χ4n) is 1.28. The van der Waals surface area contributed by atoms with E-state index < -0.39 is 0 Å². The molecule has 15 heavy (non-hydrogen) atoms. The standard InChI is InChI=1S/C13H10ClN/c14-13-3-1-2-12(10-13)5-4-11-6-8-15-9-7-11/h1-10H/b5-4+.